The second-order valence-electron chi connectivity index (χ2n) is 6.47. The maximum atomic E-state index is 12.5. The van der Waals surface area contributed by atoms with E-state index in [4.69, 9.17) is 16.3 Å². The van der Waals surface area contributed by atoms with Gasteiger partial charge >= 0.3 is 0 Å². The van der Waals surface area contributed by atoms with Crippen LogP contribution in [0.3, 0.4) is 0 Å². The van der Waals surface area contributed by atoms with Crippen LogP contribution in [-0.2, 0) is 11.3 Å². The lowest BCUT2D eigenvalue weighted by Crippen LogP contribution is -2.34. The molecule has 1 fully saturated rings. The lowest BCUT2D eigenvalue weighted by atomic mass is 9.84. The number of halogens is 2. The Morgan fingerprint density at radius 1 is 1.42 bits per heavy atom. The lowest BCUT2D eigenvalue weighted by Gasteiger charge is -2.29. The van der Waals surface area contributed by atoms with Crippen molar-refractivity contribution in [3.05, 3.63) is 28.8 Å². The molecule has 1 aliphatic heterocycles. The fraction of sp³-hybridized carbons (Fsp3) is 0.611. The number of rotatable bonds is 6. The Kier molecular flexibility index (Phi) is 8.88. The zero-order chi connectivity index (χ0) is 16.8. The van der Waals surface area contributed by atoms with Crippen LogP contribution in [0.4, 0.5) is 0 Å². The SMILES string of the molecule is COc1ccc(Cl)cc1CN(C)C(=O)CC(C)C1CCNCC1.Cl. The van der Waals surface area contributed by atoms with E-state index < -0.39 is 0 Å². The molecule has 0 bridgehead atoms. The van der Waals surface area contributed by atoms with Gasteiger partial charge in [0.1, 0.15) is 5.75 Å². The Bertz CT molecular complexity index is 534. The molecular weight excluding hydrogens is 347 g/mol. The molecule has 24 heavy (non-hydrogen) atoms. The van der Waals surface area contributed by atoms with Gasteiger partial charge in [0.2, 0.25) is 5.91 Å². The minimum Gasteiger partial charge on any atom is -0.496 e. The van der Waals surface area contributed by atoms with Crippen LogP contribution in [0.25, 0.3) is 0 Å². The molecule has 4 nitrogen and oxygen atoms in total. The van der Waals surface area contributed by atoms with E-state index in [2.05, 4.69) is 12.2 Å². The standard InChI is InChI=1S/C18H27ClN2O2.ClH/c1-13(14-6-8-20-9-7-14)10-18(22)21(2)12-15-11-16(19)4-5-17(15)23-3;/h4-5,11,13-14,20H,6-10,12H2,1-3H3;1H. The van der Waals surface area contributed by atoms with Gasteiger partial charge in [0, 0.05) is 30.6 Å². The van der Waals surface area contributed by atoms with E-state index in [0.29, 0.717) is 29.8 Å². The summed E-state index contributed by atoms with van der Waals surface area (Å²) in [4.78, 5) is 14.3. The van der Waals surface area contributed by atoms with Crippen LogP contribution in [0, 0.1) is 11.8 Å². The van der Waals surface area contributed by atoms with Crippen molar-refractivity contribution in [1.29, 1.82) is 0 Å². The van der Waals surface area contributed by atoms with E-state index >= 15 is 0 Å². The molecular formula is C18H28Cl2N2O2. The summed E-state index contributed by atoms with van der Waals surface area (Å²) in [6, 6.07) is 5.50. The zero-order valence-electron chi connectivity index (χ0n) is 14.7. The molecule has 1 unspecified atom stereocenters. The first-order valence-electron chi connectivity index (χ1n) is 8.28. The molecule has 6 heteroatoms. The Morgan fingerprint density at radius 2 is 2.08 bits per heavy atom. The van der Waals surface area contributed by atoms with Crippen molar-refractivity contribution >= 4 is 29.9 Å². The summed E-state index contributed by atoms with van der Waals surface area (Å²) in [6.07, 6.45) is 2.94. The van der Waals surface area contributed by atoms with Crippen LogP contribution in [0.2, 0.25) is 5.02 Å². The summed E-state index contributed by atoms with van der Waals surface area (Å²) in [6.45, 7) is 4.85. The van der Waals surface area contributed by atoms with Gasteiger partial charge in [-0.1, -0.05) is 18.5 Å². The number of carbonyl (C=O) groups is 1. The van der Waals surface area contributed by atoms with Gasteiger partial charge in [-0.25, -0.2) is 0 Å². The Hall–Kier alpha value is -0.970. The molecule has 1 atom stereocenters. The van der Waals surface area contributed by atoms with Crippen LogP contribution in [0.1, 0.15) is 31.7 Å². The largest absolute Gasteiger partial charge is 0.496 e. The van der Waals surface area contributed by atoms with Crippen molar-refractivity contribution < 1.29 is 9.53 Å². The second-order valence-corrected chi connectivity index (χ2v) is 6.91. The quantitative estimate of drug-likeness (QED) is 0.823. The van der Waals surface area contributed by atoms with E-state index in [1.165, 1.54) is 12.8 Å². The van der Waals surface area contributed by atoms with Crippen LogP contribution in [-0.4, -0.2) is 38.1 Å². The number of nitrogens with one attached hydrogen (secondary N) is 1. The summed E-state index contributed by atoms with van der Waals surface area (Å²) in [5.74, 6) is 2.01. The van der Waals surface area contributed by atoms with Gasteiger partial charge in [0.15, 0.2) is 0 Å². The summed E-state index contributed by atoms with van der Waals surface area (Å²) >= 11 is 6.06. The highest BCUT2D eigenvalue weighted by Crippen LogP contribution is 2.26. The number of hydrogen-bond acceptors (Lipinski definition) is 3. The monoisotopic (exact) mass is 374 g/mol. The van der Waals surface area contributed by atoms with Crippen molar-refractivity contribution in [2.45, 2.75) is 32.7 Å². The Morgan fingerprint density at radius 3 is 2.71 bits per heavy atom. The first-order chi connectivity index (χ1) is 11.0. The number of benzene rings is 1. The van der Waals surface area contributed by atoms with E-state index in [1.807, 2.05) is 19.2 Å². The maximum absolute atomic E-state index is 12.5. The third kappa shape index (κ3) is 5.83. The fourth-order valence-corrected chi connectivity index (χ4v) is 3.42. The van der Waals surface area contributed by atoms with Gasteiger partial charge in [-0.3, -0.25) is 4.79 Å². The van der Waals surface area contributed by atoms with Gasteiger partial charge in [-0.2, -0.15) is 0 Å². The van der Waals surface area contributed by atoms with Crippen molar-refractivity contribution in [3.8, 4) is 5.75 Å². The molecule has 136 valence electrons. The molecule has 1 amide bonds. The Balaban J connectivity index is 0.00000288. The maximum Gasteiger partial charge on any atom is 0.222 e. The van der Waals surface area contributed by atoms with Gasteiger partial charge in [0.05, 0.1) is 7.11 Å². The highest BCUT2D eigenvalue weighted by molar-refractivity contribution is 6.30. The molecule has 1 aliphatic rings. The predicted octanol–water partition coefficient (Wildman–Crippen LogP) is 3.75. The van der Waals surface area contributed by atoms with Crippen molar-refractivity contribution in [3.63, 3.8) is 0 Å². The number of amides is 1. The minimum atomic E-state index is 0. The molecule has 0 saturated carbocycles. The van der Waals surface area contributed by atoms with E-state index in [9.17, 15) is 4.79 Å². The fourth-order valence-electron chi connectivity index (χ4n) is 3.23. The van der Waals surface area contributed by atoms with Gasteiger partial charge in [-0.05, 0) is 56.0 Å². The molecule has 0 radical (unpaired) electrons. The molecule has 1 aromatic rings. The minimum absolute atomic E-state index is 0. The first-order valence-corrected chi connectivity index (χ1v) is 8.66. The molecule has 1 N–H and O–H groups in total. The van der Waals surface area contributed by atoms with Crippen molar-refractivity contribution in [2.75, 3.05) is 27.2 Å². The van der Waals surface area contributed by atoms with Crippen LogP contribution >= 0.6 is 24.0 Å². The topological polar surface area (TPSA) is 41.6 Å². The van der Waals surface area contributed by atoms with Crippen LogP contribution < -0.4 is 10.1 Å². The van der Waals surface area contributed by atoms with Gasteiger partial charge in [-0.15, -0.1) is 12.4 Å². The molecule has 1 heterocycles. The molecule has 1 aromatic carbocycles. The summed E-state index contributed by atoms with van der Waals surface area (Å²) in [7, 11) is 3.48. The Labute approximate surface area is 156 Å². The van der Waals surface area contributed by atoms with Crippen molar-refractivity contribution in [2.24, 2.45) is 11.8 Å². The van der Waals surface area contributed by atoms with E-state index in [-0.39, 0.29) is 18.3 Å². The van der Waals surface area contributed by atoms with Crippen LogP contribution in [0.15, 0.2) is 18.2 Å². The number of hydrogen-bond donors (Lipinski definition) is 1. The molecule has 2 rings (SSSR count). The first kappa shape index (κ1) is 21.1. The molecule has 0 aliphatic carbocycles. The predicted molar refractivity (Wildman–Crippen MR) is 101 cm³/mol. The average Bonchev–Trinajstić information content (AvgIpc) is 2.55. The number of methoxy groups -OCH3 is 1. The lowest BCUT2D eigenvalue weighted by molar-refractivity contribution is -0.131. The van der Waals surface area contributed by atoms with Crippen molar-refractivity contribution in [1.82, 2.24) is 10.2 Å². The molecule has 0 aromatic heterocycles. The summed E-state index contributed by atoms with van der Waals surface area (Å²) in [5, 5.41) is 4.03. The third-order valence-electron chi connectivity index (χ3n) is 4.76. The number of ether oxygens (including phenoxy) is 1. The average molecular weight is 375 g/mol. The third-order valence-corrected chi connectivity index (χ3v) is 5.00. The van der Waals surface area contributed by atoms with E-state index in [1.54, 1.807) is 18.1 Å². The number of carbonyl (C=O) groups excluding carboxylic acids is 1. The van der Waals surface area contributed by atoms with Gasteiger partial charge in [0.25, 0.3) is 0 Å². The summed E-state index contributed by atoms with van der Waals surface area (Å²) in [5.41, 5.74) is 0.936. The normalized spacial score (nSPS) is 16.2. The second kappa shape index (κ2) is 10.1. The molecule has 0 spiro atoms. The highest BCUT2D eigenvalue weighted by atomic mass is 35.5. The van der Waals surface area contributed by atoms with Gasteiger partial charge < -0.3 is 15.0 Å². The highest BCUT2D eigenvalue weighted by Gasteiger charge is 2.23. The number of nitrogens with zero attached hydrogens (tertiary/aromatic N) is 1. The van der Waals surface area contributed by atoms with E-state index in [0.717, 1.165) is 24.4 Å². The smallest absolute Gasteiger partial charge is 0.222 e. The molecule has 1 saturated heterocycles. The van der Waals surface area contributed by atoms with Crippen LogP contribution in [0.5, 0.6) is 5.75 Å². The zero-order valence-corrected chi connectivity index (χ0v) is 16.3. The summed E-state index contributed by atoms with van der Waals surface area (Å²) < 4.78 is 5.35. The number of piperidine rings is 1.